The molecular weight excluding hydrogens is 438 g/mol. The summed E-state index contributed by atoms with van der Waals surface area (Å²) in [6, 6.07) is 17.7. The van der Waals surface area contributed by atoms with E-state index in [1.807, 2.05) is 49.4 Å². The summed E-state index contributed by atoms with van der Waals surface area (Å²) in [6.45, 7) is 3.62. The molecule has 0 aliphatic rings. The summed E-state index contributed by atoms with van der Waals surface area (Å²) >= 11 is 6.16. The van der Waals surface area contributed by atoms with Gasteiger partial charge in [0.25, 0.3) is 11.5 Å². The van der Waals surface area contributed by atoms with Gasteiger partial charge in [0.05, 0.1) is 11.7 Å². The molecule has 0 bridgehead atoms. The molecule has 1 atom stereocenters. The van der Waals surface area contributed by atoms with Crippen LogP contribution in [0, 0.1) is 6.92 Å². The molecule has 0 unspecified atom stereocenters. The van der Waals surface area contributed by atoms with Gasteiger partial charge in [0.15, 0.2) is 5.65 Å². The van der Waals surface area contributed by atoms with Crippen LogP contribution in [0.4, 0.5) is 0 Å². The Balaban J connectivity index is 1.63. The Morgan fingerprint density at radius 3 is 2.67 bits per heavy atom. The van der Waals surface area contributed by atoms with Crippen LogP contribution in [0.3, 0.4) is 0 Å². The number of fused-ring (bicyclic) bond motifs is 2. The molecule has 5 aromatic rings. The maximum Gasteiger partial charge on any atom is 0.263 e. The lowest BCUT2D eigenvalue weighted by Gasteiger charge is -2.21. The average Bonchev–Trinajstić information content (AvgIpc) is 3.15. The lowest BCUT2D eigenvalue weighted by Crippen LogP contribution is -2.32. The van der Waals surface area contributed by atoms with E-state index in [0.717, 1.165) is 5.39 Å². The van der Waals surface area contributed by atoms with Crippen molar-refractivity contribution in [2.45, 2.75) is 19.9 Å². The molecule has 164 valence electrons. The van der Waals surface area contributed by atoms with Crippen LogP contribution < -0.4 is 10.9 Å². The van der Waals surface area contributed by atoms with Gasteiger partial charge < -0.3 is 5.32 Å². The molecule has 8 heteroatoms. The van der Waals surface area contributed by atoms with Gasteiger partial charge in [-0.1, -0.05) is 35.9 Å². The number of nitrogens with one attached hydrogen (secondary N) is 1. The van der Waals surface area contributed by atoms with Crippen LogP contribution in [-0.4, -0.2) is 25.1 Å². The summed E-state index contributed by atoms with van der Waals surface area (Å²) in [5.41, 5.74) is 2.61. The van der Waals surface area contributed by atoms with E-state index in [0.29, 0.717) is 38.7 Å². The number of pyridine rings is 1. The number of benzene rings is 2. The second-order valence-electron chi connectivity index (χ2n) is 7.82. The highest BCUT2D eigenvalue weighted by Crippen LogP contribution is 2.24. The van der Waals surface area contributed by atoms with Gasteiger partial charge in [-0.3, -0.25) is 14.2 Å². The Morgan fingerprint density at radius 1 is 1.09 bits per heavy atom. The van der Waals surface area contributed by atoms with E-state index in [-0.39, 0.29) is 11.5 Å². The van der Waals surface area contributed by atoms with Crippen LogP contribution >= 0.6 is 11.6 Å². The molecule has 3 heterocycles. The number of nitrogens with zero attached hydrogens (tertiary/aromatic N) is 4. The highest BCUT2D eigenvalue weighted by atomic mass is 35.5. The van der Waals surface area contributed by atoms with Crippen LogP contribution in [0.5, 0.6) is 0 Å². The molecule has 0 saturated heterocycles. The van der Waals surface area contributed by atoms with Gasteiger partial charge >= 0.3 is 0 Å². The van der Waals surface area contributed by atoms with E-state index in [2.05, 4.69) is 15.4 Å². The summed E-state index contributed by atoms with van der Waals surface area (Å²) in [7, 11) is 0. The normalized spacial score (nSPS) is 12.2. The fraction of sp³-hybridized carbons (Fsp3) is 0.120. The SMILES string of the molecule is Cc1nn2cccnc2c1C(=O)N[C@@H](C)c1cc2ccc(Cl)cc2c(=O)n1-c1ccccc1. The van der Waals surface area contributed by atoms with Crippen molar-refractivity contribution >= 4 is 33.9 Å². The second kappa shape index (κ2) is 8.18. The molecule has 7 nitrogen and oxygen atoms in total. The molecule has 5 rings (SSSR count). The third kappa shape index (κ3) is 3.66. The lowest BCUT2D eigenvalue weighted by atomic mass is 10.1. The van der Waals surface area contributed by atoms with Gasteiger partial charge in [-0.2, -0.15) is 5.10 Å². The Morgan fingerprint density at radius 2 is 1.88 bits per heavy atom. The Kier molecular flexibility index (Phi) is 5.18. The van der Waals surface area contributed by atoms with E-state index in [1.54, 1.807) is 46.6 Å². The third-order valence-corrected chi connectivity index (χ3v) is 5.85. The third-order valence-electron chi connectivity index (χ3n) is 5.61. The number of rotatable bonds is 4. The highest BCUT2D eigenvalue weighted by molar-refractivity contribution is 6.31. The average molecular weight is 458 g/mol. The van der Waals surface area contributed by atoms with Crippen LogP contribution in [0.1, 0.15) is 34.7 Å². The number of amides is 1. The molecule has 33 heavy (non-hydrogen) atoms. The lowest BCUT2D eigenvalue weighted by molar-refractivity contribution is 0.0939. The highest BCUT2D eigenvalue weighted by Gasteiger charge is 2.23. The smallest absolute Gasteiger partial charge is 0.263 e. The fourth-order valence-electron chi connectivity index (χ4n) is 4.07. The van der Waals surface area contributed by atoms with Crippen molar-refractivity contribution in [3.8, 4) is 5.69 Å². The largest absolute Gasteiger partial charge is 0.344 e. The molecule has 0 spiro atoms. The summed E-state index contributed by atoms with van der Waals surface area (Å²) in [6.07, 6.45) is 3.37. The Bertz CT molecular complexity index is 1570. The number of halogens is 1. The van der Waals surface area contributed by atoms with Crippen LogP contribution in [0.2, 0.25) is 5.02 Å². The van der Waals surface area contributed by atoms with Crippen LogP contribution in [0.25, 0.3) is 22.1 Å². The Labute approximate surface area is 194 Å². The number of aromatic nitrogens is 4. The molecular formula is C25H20ClN5O2. The van der Waals surface area contributed by atoms with Crippen molar-refractivity contribution in [2.75, 3.05) is 0 Å². The molecule has 0 saturated carbocycles. The maximum atomic E-state index is 13.5. The number of para-hydroxylation sites is 1. The van der Waals surface area contributed by atoms with Gasteiger partial charge in [-0.05, 0) is 55.6 Å². The zero-order chi connectivity index (χ0) is 23.1. The molecule has 0 aliphatic heterocycles. The van der Waals surface area contributed by atoms with Gasteiger partial charge in [-0.15, -0.1) is 0 Å². The first-order valence-corrected chi connectivity index (χ1v) is 10.8. The molecule has 0 radical (unpaired) electrons. The maximum absolute atomic E-state index is 13.5. The van der Waals surface area contributed by atoms with Crippen LogP contribution in [-0.2, 0) is 0 Å². The number of hydrogen-bond donors (Lipinski definition) is 1. The number of carbonyl (C=O) groups excluding carboxylic acids is 1. The van der Waals surface area contributed by atoms with E-state index in [4.69, 9.17) is 11.6 Å². The van der Waals surface area contributed by atoms with Crippen molar-refractivity contribution in [1.82, 2.24) is 24.5 Å². The standard InChI is InChI=1S/C25H20ClN5O2/c1-15(28-24(32)22-16(2)29-30-12-6-11-27-23(22)30)21-13-17-9-10-18(26)14-20(17)25(33)31(21)19-7-4-3-5-8-19/h3-15H,1-2H3,(H,28,32)/t15-/m0/s1. The van der Waals surface area contributed by atoms with Crippen molar-refractivity contribution in [3.63, 3.8) is 0 Å². The summed E-state index contributed by atoms with van der Waals surface area (Å²) in [5, 5.41) is 9.15. The topological polar surface area (TPSA) is 81.3 Å². The molecule has 1 amide bonds. The first-order valence-electron chi connectivity index (χ1n) is 10.5. The second-order valence-corrected chi connectivity index (χ2v) is 8.26. The van der Waals surface area contributed by atoms with Crippen molar-refractivity contribution in [2.24, 2.45) is 0 Å². The summed E-state index contributed by atoms with van der Waals surface area (Å²) < 4.78 is 3.19. The summed E-state index contributed by atoms with van der Waals surface area (Å²) in [5.74, 6) is -0.308. The van der Waals surface area contributed by atoms with Gasteiger partial charge in [0, 0.05) is 34.2 Å². The fourth-order valence-corrected chi connectivity index (χ4v) is 4.24. The van der Waals surface area contributed by atoms with E-state index in [9.17, 15) is 9.59 Å². The monoisotopic (exact) mass is 457 g/mol. The molecule has 2 aromatic carbocycles. The van der Waals surface area contributed by atoms with Crippen LogP contribution in [0.15, 0.2) is 77.9 Å². The number of carbonyl (C=O) groups is 1. The zero-order valence-corrected chi connectivity index (χ0v) is 18.7. The van der Waals surface area contributed by atoms with Crippen molar-refractivity contribution in [1.29, 1.82) is 0 Å². The molecule has 3 aromatic heterocycles. The minimum absolute atomic E-state index is 0.203. The van der Waals surface area contributed by atoms with Gasteiger partial charge in [0.2, 0.25) is 0 Å². The van der Waals surface area contributed by atoms with E-state index < -0.39 is 6.04 Å². The van der Waals surface area contributed by atoms with Gasteiger partial charge in [-0.25, -0.2) is 9.50 Å². The Hall–Kier alpha value is -3.97. The van der Waals surface area contributed by atoms with Crippen molar-refractivity contribution in [3.05, 3.63) is 105 Å². The zero-order valence-electron chi connectivity index (χ0n) is 18.0. The first kappa shape index (κ1) is 20.9. The van der Waals surface area contributed by atoms with Gasteiger partial charge in [0.1, 0.15) is 5.56 Å². The quantitative estimate of drug-likeness (QED) is 0.431. The van der Waals surface area contributed by atoms with E-state index in [1.165, 1.54) is 0 Å². The van der Waals surface area contributed by atoms with E-state index >= 15 is 0 Å². The number of aryl methyl sites for hydroxylation is 1. The predicted octanol–water partition coefficient (Wildman–Crippen LogP) is 4.49. The summed E-state index contributed by atoms with van der Waals surface area (Å²) in [4.78, 5) is 31.1. The number of hydrogen-bond acceptors (Lipinski definition) is 4. The molecule has 0 fully saturated rings. The minimum Gasteiger partial charge on any atom is -0.344 e. The first-order chi connectivity index (χ1) is 15.9. The molecule has 0 aliphatic carbocycles. The minimum atomic E-state index is -0.483. The van der Waals surface area contributed by atoms with Crippen molar-refractivity contribution < 1.29 is 4.79 Å². The predicted molar refractivity (Wildman–Crippen MR) is 128 cm³/mol. The molecule has 1 N–H and O–H groups in total.